The molecule has 0 atom stereocenters. The van der Waals surface area contributed by atoms with Crippen LogP contribution in [0.25, 0.3) is 0 Å². The number of hydrogen-bond acceptors (Lipinski definition) is 6. The van der Waals surface area contributed by atoms with Gasteiger partial charge >= 0.3 is 6.18 Å². The van der Waals surface area contributed by atoms with Crippen LogP contribution in [0.1, 0.15) is 18.5 Å². The smallest absolute Gasteiger partial charge is 0.367 e. The number of rotatable bonds is 5. The van der Waals surface area contributed by atoms with Crippen LogP contribution in [0.5, 0.6) is 0 Å². The molecule has 0 amide bonds. The minimum atomic E-state index is -4.48. The molecule has 1 N–H and O–H groups in total. The van der Waals surface area contributed by atoms with Crippen molar-refractivity contribution >= 4 is 5.82 Å². The maximum absolute atomic E-state index is 12.7. The maximum atomic E-state index is 12.7. The highest BCUT2D eigenvalue weighted by Gasteiger charge is 2.33. The molecule has 1 aliphatic heterocycles. The Balaban J connectivity index is 1.48. The zero-order chi connectivity index (χ0) is 18.6. The van der Waals surface area contributed by atoms with Gasteiger partial charge < -0.3 is 14.8 Å². The van der Waals surface area contributed by atoms with Gasteiger partial charge in [-0.25, -0.2) is 9.97 Å². The van der Waals surface area contributed by atoms with Crippen molar-refractivity contribution in [3.63, 3.8) is 0 Å². The second kappa shape index (κ2) is 7.81. The number of nitrogens with one attached hydrogen (secondary N) is 1. The Morgan fingerprint density at radius 1 is 1.19 bits per heavy atom. The van der Waals surface area contributed by atoms with Crippen LogP contribution < -0.4 is 10.9 Å². The highest BCUT2D eigenvalue weighted by Crippen LogP contribution is 2.28. The predicted molar refractivity (Wildman–Crippen MR) is 88.6 cm³/mol. The first-order valence-electron chi connectivity index (χ1n) is 8.30. The summed E-state index contributed by atoms with van der Waals surface area (Å²) in [6.07, 6.45) is 2.54. The summed E-state index contributed by atoms with van der Waals surface area (Å²) in [4.78, 5) is 24.8. The fourth-order valence-electron chi connectivity index (χ4n) is 2.91. The molecule has 0 bridgehead atoms. The van der Waals surface area contributed by atoms with E-state index in [1.54, 1.807) is 17.0 Å². The van der Waals surface area contributed by atoms with Gasteiger partial charge in [-0.05, 0) is 12.8 Å². The Kier molecular flexibility index (Phi) is 5.50. The lowest BCUT2D eigenvalue weighted by atomic mass is 10.1. The van der Waals surface area contributed by atoms with Crippen LogP contribution in [0.3, 0.4) is 0 Å². The van der Waals surface area contributed by atoms with Gasteiger partial charge in [0.1, 0.15) is 17.8 Å². The van der Waals surface area contributed by atoms with E-state index in [4.69, 9.17) is 0 Å². The van der Waals surface area contributed by atoms with Gasteiger partial charge in [0.25, 0.3) is 5.56 Å². The van der Waals surface area contributed by atoms with E-state index in [9.17, 15) is 18.0 Å². The fraction of sp³-hybridized carbons (Fsp3) is 0.500. The van der Waals surface area contributed by atoms with Crippen molar-refractivity contribution in [2.45, 2.75) is 31.6 Å². The second-order valence-corrected chi connectivity index (χ2v) is 6.15. The van der Waals surface area contributed by atoms with Gasteiger partial charge in [-0.15, -0.1) is 0 Å². The molecule has 140 valence electrons. The molecule has 3 rings (SSSR count). The van der Waals surface area contributed by atoms with Crippen LogP contribution in [-0.4, -0.2) is 50.1 Å². The van der Waals surface area contributed by atoms with Gasteiger partial charge in [0.15, 0.2) is 0 Å². The largest absolute Gasteiger partial charge is 0.433 e. The molecule has 1 saturated heterocycles. The number of aromatic nitrogens is 4. The van der Waals surface area contributed by atoms with Crippen molar-refractivity contribution in [1.29, 1.82) is 0 Å². The molecule has 0 saturated carbocycles. The van der Waals surface area contributed by atoms with E-state index in [0.717, 1.165) is 44.9 Å². The first-order valence-corrected chi connectivity index (χ1v) is 8.30. The molecule has 26 heavy (non-hydrogen) atoms. The Bertz CT molecular complexity index is 786. The molecule has 0 aliphatic carbocycles. The van der Waals surface area contributed by atoms with Gasteiger partial charge in [0, 0.05) is 50.7 Å². The van der Waals surface area contributed by atoms with Gasteiger partial charge in [0.2, 0.25) is 0 Å². The highest BCUT2D eigenvalue weighted by atomic mass is 19.4. The molecule has 1 aliphatic rings. The zero-order valence-corrected chi connectivity index (χ0v) is 14.0. The first-order chi connectivity index (χ1) is 12.4. The lowest BCUT2D eigenvalue weighted by molar-refractivity contribution is -0.141. The molecule has 0 aromatic carbocycles. The van der Waals surface area contributed by atoms with Gasteiger partial charge in [-0.1, -0.05) is 0 Å². The average Bonchev–Trinajstić information content (AvgIpc) is 2.62. The minimum Gasteiger partial charge on any atom is -0.367 e. The van der Waals surface area contributed by atoms with Crippen LogP contribution in [0.4, 0.5) is 19.0 Å². The topological polar surface area (TPSA) is 75.9 Å². The Hall–Kier alpha value is -2.49. The quantitative estimate of drug-likeness (QED) is 0.865. The van der Waals surface area contributed by atoms with Gasteiger partial charge in [-0.3, -0.25) is 9.78 Å². The molecule has 2 aromatic rings. The standard InChI is InChI=1S/C16H19F3N6O/c17-16(18,19)13-9-14(22-11-21-13)23-12-1-4-24(5-2-12)7-8-25-6-3-20-10-15(25)26/h3,6,9-12H,1-2,4-5,7-8H2,(H,21,22,23). The molecule has 7 nitrogen and oxygen atoms in total. The van der Waals surface area contributed by atoms with Crippen molar-refractivity contribution in [3.05, 3.63) is 47.0 Å². The summed E-state index contributed by atoms with van der Waals surface area (Å²) in [7, 11) is 0. The van der Waals surface area contributed by atoms with Crippen LogP contribution >= 0.6 is 0 Å². The summed E-state index contributed by atoms with van der Waals surface area (Å²) in [6.45, 7) is 2.92. The lowest BCUT2D eigenvalue weighted by Gasteiger charge is -2.32. The molecule has 10 heteroatoms. The highest BCUT2D eigenvalue weighted by molar-refractivity contribution is 5.36. The molecule has 0 radical (unpaired) electrons. The third-order valence-electron chi connectivity index (χ3n) is 4.35. The molecular formula is C16H19F3N6O. The van der Waals surface area contributed by atoms with E-state index in [2.05, 4.69) is 25.2 Å². The number of nitrogens with zero attached hydrogens (tertiary/aromatic N) is 5. The molecule has 0 unspecified atom stereocenters. The minimum absolute atomic E-state index is 0.0610. The maximum Gasteiger partial charge on any atom is 0.433 e. The number of alkyl halides is 3. The molecular weight excluding hydrogens is 349 g/mol. The van der Waals surface area contributed by atoms with Crippen molar-refractivity contribution in [3.8, 4) is 0 Å². The number of halogens is 3. The van der Waals surface area contributed by atoms with Crippen LogP contribution in [0.2, 0.25) is 0 Å². The average molecular weight is 368 g/mol. The molecule has 2 aromatic heterocycles. The van der Waals surface area contributed by atoms with Crippen molar-refractivity contribution < 1.29 is 13.2 Å². The van der Waals surface area contributed by atoms with Gasteiger partial charge in [-0.2, -0.15) is 13.2 Å². The van der Waals surface area contributed by atoms with Crippen molar-refractivity contribution in [1.82, 2.24) is 24.4 Å². The number of piperidine rings is 1. The Morgan fingerprint density at radius 3 is 2.65 bits per heavy atom. The number of hydrogen-bond donors (Lipinski definition) is 1. The van der Waals surface area contributed by atoms with Crippen LogP contribution in [0.15, 0.2) is 35.8 Å². The van der Waals surface area contributed by atoms with E-state index in [1.165, 1.54) is 6.20 Å². The fourth-order valence-corrected chi connectivity index (χ4v) is 2.91. The van der Waals surface area contributed by atoms with Crippen LogP contribution in [0, 0.1) is 0 Å². The summed E-state index contributed by atoms with van der Waals surface area (Å²) >= 11 is 0. The van der Waals surface area contributed by atoms with E-state index in [0.29, 0.717) is 6.54 Å². The Labute approximate surface area is 147 Å². The van der Waals surface area contributed by atoms with E-state index < -0.39 is 11.9 Å². The second-order valence-electron chi connectivity index (χ2n) is 6.15. The summed E-state index contributed by atoms with van der Waals surface area (Å²) < 4.78 is 39.7. The van der Waals surface area contributed by atoms with E-state index in [-0.39, 0.29) is 17.4 Å². The monoisotopic (exact) mass is 368 g/mol. The number of anilines is 1. The van der Waals surface area contributed by atoms with Crippen molar-refractivity contribution in [2.24, 2.45) is 0 Å². The predicted octanol–water partition coefficient (Wildman–Crippen LogP) is 1.63. The van der Waals surface area contributed by atoms with Gasteiger partial charge in [0.05, 0.1) is 6.20 Å². The summed E-state index contributed by atoms with van der Waals surface area (Å²) in [5.41, 5.74) is -1.08. The molecule has 3 heterocycles. The summed E-state index contributed by atoms with van der Waals surface area (Å²) in [6, 6.07) is 0.994. The van der Waals surface area contributed by atoms with E-state index >= 15 is 0 Å². The zero-order valence-electron chi connectivity index (χ0n) is 14.0. The number of likely N-dealkylation sites (tertiary alicyclic amines) is 1. The SMILES string of the molecule is O=c1cnccn1CCN1CCC(Nc2cc(C(F)(F)F)ncn2)CC1. The summed E-state index contributed by atoms with van der Waals surface area (Å²) in [5.74, 6) is 0.189. The normalized spacial score (nSPS) is 16.6. The lowest BCUT2D eigenvalue weighted by Crippen LogP contribution is -2.41. The first kappa shape index (κ1) is 18.3. The molecule has 1 fully saturated rings. The van der Waals surface area contributed by atoms with Crippen molar-refractivity contribution in [2.75, 3.05) is 25.0 Å². The van der Waals surface area contributed by atoms with E-state index in [1.807, 2.05) is 0 Å². The molecule has 0 spiro atoms. The third-order valence-corrected chi connectivity index (χ3v) is 4.35. The summed E-state index contributed by atoms with van der Waals surface area (Å²) in [5, 5.41) is 3.06. The third kappa shape index (κ3) is 4.78. The van der Waals surface area contributed by atoms with Crippen LogP contribution in [-0.2, 0) is 12.7 Å². The Morgan fingerprint density at radius 2 is 1.96 bits per heavy atom.